The zero-order valence-electron chi connectivity index (χ0n) is 10.3. The fourth-order valence-corrected chi connectivity index (χ4v) is 4.09. The maximum atomic E-state index is 12.2. The minimum atomic E-state index is -3.56. The van der Waals surface area contributed by atoms with Crippen LogP contribution in [0.15, 0.2) is 27.6 Å². The molecule has 1 unspecified atom stereocenters. The first-order valence-electron chi connectivity index (χ1n) is 5.52. The van der Waals surface area contributed by atoms with Gasteiger partial charge in [0.25, 0.3) is 0 Å². The molecule has 0 fully saturated rings. The number of sulfonamides is 1. The Morgan fingerprint density at radius 2 is 2.17 bits per heavy atom. The number of anilines is 1. The second kappa shape index (κ2) is 6.79. The van der Waals surface area contributed by atoms with Crippen molar-refractivity contribution in [3.05, 3.63) is 22.7 Å². The summed E-state index contributed by atoms with van der Waals surface area (Å²) in [6.07, 6.45) is 0. The summed E-state index contributed by atoms with van der Waals surface area (Å²) in [6.45, 7) is 3.88. The van der Waals surface area contributed by atoms with Crippen molar-refractivity contribution in [2.45, 2.75) is 24.8 Å². The second-order valence-corrected chi connectivity index (χ2v) is 7.78. The Balaban J connectivity index is 2.89. The Labute approximate surface area is 121 Å². The summed E-state index contributed by atoms with van der Waals surface area (Å²) in [5.41, 5.74) is 5.96. The molecule has 1 rings (SSSR count). The second-order valence-electron chi connectivity index (χ2n) is 3.86. The Hall–Kier alpha value is -0.240. The van der Waals surface area contributed by atoms with E-state index in [0.717, 1.165) is 11.5 Å². The fraction of sp³-hybridized carbons (Fsp3) is 0.455. The van der Waals surface area contributed by atoms with E-state index in [9.17, 15) is 8.42 Å². The molecule has 3 N–H and O–H groups in total. The molecule has 0 aromatic heterocycles. The zero-order valence-corrected chi connectivity index (χ0v) is 13.5. The summed E-state index contributed by atoms with van der Waals surface area (Å²) >= 11 is 4.94. The molecule has 4 nitrogen and oxygen atoms in total. The minimum Gasteiger partial charge on any atom is -0.398 e. The van der Waals surface area contributed by atoms with Crippen LogP contribution in [-0.2, 0) is 10.0 Å². The van der Waals surface area contributed by atoms with Gasteiger partial charge in [-0.15, -0.1) is 0 Å². The minimum absolute atomic E-state index is 0.116. The summed E-state index contributed by atoms with van der Waals surface area (Å²) in [4.78, 5) is 0.116. The van der Waals surface area contributed by atoms with E-state index in [4.69, 9.17) is 5.73 Å². The van der Waals surface area contributed by atoms with Crippen molar-refractivity contribution in [2.24, 2.45) is 0 Å². The highest BCUT2D eigenvalue weighted by molar-refractivity contribution is 9.10. The van der Waals surface area contributed by atoms with Gasteiger partial charge < -0.3 is 5.73 Å². The molecule has 0 spiro atoms. The molecule has 18 heavy (non-hydrogen) atoms. The number of rotatable bonds is 6. The van der Waals surface area contributed by atoms with E-state index < -0.39 is 10.0 Å². The number of hydrogen-bond acceptors (Lipinski definition) is 4. The smallest absolute Gasteiger partial charge is 0.242 e. The number of benzene rings is 1. The van der Waals surface area contributed by atoms with Crippen LogP contribution >= 0.6 is 27.7 Å². The summed E-state index contributed by atoms with van der Waals surface area (Å²) in [7, 11) is -3.56. The van der Waals surface area contributed by atoms with Gasteiger partial charge in [0, 0.05) is 16.3 Å². The van der Waals surface area contributed by atoms with Crippen LogP contribution in [0.25, 0.3) is 0 Å². The third-order valence-electron chi connectivity index (χ3n) is 2.19. The normalized spacial score (nSPS) is 13.5. The zero-order chi connectivity index (χ0) is 13.8. The van der Waals surface area contributed by atoms with E-state index in [1.807, 2.05) is 13.8 Å². The van der Waals surface area contributed by atoms with E-state index in [1.54, 1.807) is 23.9 Å². The maximum absolute atomic E-state index is 12.2. The third-order valence-corrected chi connectivity index (χ3v) is 5.48. The molecule has 0 amide bonds. The van der Waals surface area contributed by atoms with E-state index in [2.05, 4.69) is 20.7 Å². The van der Waals surface area contributed by atoms with Gasteiger partial charge in [-0.05, 0) is 30.9 Å². The average Bonchev–Trinajstić information content (AvgIpc) is 2.29. The molecule has 0 bridgehead atoms. The molecule has 0 aliphatic carbocycles. The molecule has 1 atom stereocenters. The highest BCUT2D eigenvalue weighted by Crippen LogP contribution is 2.23. The predicted octanol–water partition coefficient (Wildman–Crippen LogP) is 2.45. The molecule has 0 saturated carbocycles. The van der Waals surface area contributed by atoms with Gasteiger partial charge in [0.1, 0.15) is 4.90 Å². The number of nitrogens with two attached hydrogens (primary N) is 1. The van der Waals surface area contributed by atoms with Crippen LogP contribution in [0.5, 0.6) is 0 Å². The van der Waals surface area contributed by atoms with Crippen LogP contribution < -0.4 is 10.5 Å². The molecular weight excluding hydrogens is 336 g/mol. The van der Waals surface area contributed by atoms with Crippen LogP contribution in [0.3, 0.4) is 0 Å². The Bertz CT molecular complexity index is 506. The Morgan fingerprint density at radius 3 is 2.78 bits per heavy atom. The van der Waals surface area contributed by atoms with E-state index in [1.165, 1.54) is 6.07 Å². The Morgan fingerprint density at radius 1 is 1.50 bits per heavy atom. The van der Waals surface area contributed by atoms with Crippen LogP contribution in [0, 0.1) is 0 Å². The average molecular weight is 353 g/mol. The highest BCUT2D eigenvalue weighted by Gasteiger charge is 2.20. The van der Waals surface area contributed by atoms with Gasteiger partial charge in [0.05, 0.1) is 5.69 Å². The first-order chi connectivity index (χ1) is 8.36. The quantitative estimate of drug-likeness (QED) is 0.771. The van der Waals surface area contributed by atoms with Gasteiger partial charge in [-0.3, -0.25) is 0 Å². The predicted molar refractivity (Wildman–Crippen MR) is 81.3 cm³/mol. The van der Waals surface area contributed by atoms with Gasteiger partial charge in [-0.2, -0.15) is 11.8 Å². The van der Waals surface area contributed by atoms with E-state index in [0.29, 0.717) is 4.47 Å². The van der Waals surface area contributed by atoms with Crippen molar-refractivity contribution in [3.63, 3.8) is 0 Å². The first kappa shape index (κ1) is 15.8. The van der Waals surface area contributed by atoms with Gasteiger partial charge >= 0.3 is 0 Å². The number of nitrogen functional groups attached to an aromatic ring is 1. The number of hydrogen-bond donors (Lipinski definition) is 2. The third kappa shape index (κ3) is 4.46. The van der Waals surface area contributed by atoms with Crippen molar-refractivity contribution >= 4 is 43.4 Å². The molecule has 0 radical (unpaired) electrons. The number of nitrogens with one attached hydrogen (secondary N) is 1. The molecule has 0 aliphatic heterocycles. The van der Waals surface area contributed by atoms with Gasteiger partial charge in [0.15, 0.2) is 0 Å². The fourth-order valence-electron chi connectivity index (χ4n) is 1.40. The van der Waals surface area contributed by atoms with Crippen molar-refractivity contribution in [1.82, 2.24) is 4.72 Å². The van der Waals surface area contributed by atoms with Gasteiger partial charge in [-0.25, -0.2) is 13.1 Å². The lowest BCUT2D eigenvalue weighted by Gasteiger charge is -2.14. The lowest BCUT2D eigenvalue weighted by atomic mass is 10.3. The summed E-state index contributed by atoms with van der Waals surface area (Å²) in [6, 6.07) is 4.67. The summed E-state index contributed by atoms with van der Waals surface area (Å²) < 4.78 is 27.6. The topological polar surface area (TPSA) is 72.2 Å². The standard InChI is InChI=1S/C11H17BrN2O2S2/c1-3-17-7-8(2)14-18(15,16)11-6-9(12)4-5-10(11)13/h4-6,8,14H,3,7,13H2,1-2H3. The molecule has 1 aromatic rings. The van der Waals surface area contributed by atoms with Crippen molar-refractivity contribution < 1.29 is 8.42 Å². The lowest BCUT2D eigenvalue weighted by Crippen LogP contribution is -2.34. The first-order valence-corrected chi connectivity index (χ1v) is 8.95. The molecular formula is C11H17BrN2O2S2. The number of thioether (sulfide) groups is 1. The molecule has 0 saturated heterocycles. The van der Waals surface area contributed by atoms with E-state index in [-0.39, 0.29) is 16.6 Å². The molecule has 1 aromatic carbocycles. The lowest BCUT2D eigenvalue weighted by molar-refractivity contribution is 0.571. The summed E-state index contributed by atoms with van der Waals surface area (Å²) in [5, 5.41) is 0. The van der Waals surface area contributed by atoms with Crippen LogP contribution in [0.2, 0.25) is 0 Å². The van der Waals surface area contributed by atoms with Crippen LogP contribution in [-0.4, -0.2) is 26.0 Å². The monoisotopic (exact) mass is 352 g/mol. The molecule has 0 heterocycles. The number of halogens is 1. The largest absolute Gasteiger partial charge is 0.398 e. The van der Waals surface area contributed by atoms with Crippen molar-refractivity contribution in [1.29, 1.82) is 0 Å². The SMILES string of the molecule is CCSCC(C)NS(=O)(=O)c1cc(Br)ccc1N. The van der Waals surface area contributed by atoms with Crippen molar-refractivity contribution in [2.75, 3.05) is 17.2 Å². The maximum Gasteiger partial charge on any atom is 0.242 e. The molecule has 102 valence electrons. The van der Waals surface area contributed by atoms with Crippen LogP contribution in [0.4, 0.5) is 5.69 Å². The Kier molecular flexibility index (Phi) is 5.97. The van der Waals surface area contributed by atoms with Crippen LogP contribution in [0.1, 0.15) is 13.8 Å². The van der Waals surface area contributed by atoms with Gasteiger partial charge in [0.2, 0.25) is 10.0 Å². The van der Waals surface area contributed by atoms with E-state index >= 15 is 0 Å². The molecule has 0 aliphatic rings. The summed E-state index contributed by atoms with van der Waals surface area (Å²) in [5.74, 6) is 1.70. The van der Waals surface area contributed by atoms with Crippen molar-refractivity contribution in [3.8, 4) is 0 Å². The molecule has 7 heteroatoms. The van der Waals surface area contributed by atoms with Gasteiger partial charge in [-0.1, -0.05) is 22.9 Å². The highest BCUT2D eigenvalue weighted by atomic mass is 79.9.